The Morgan fingerprint density at radius 2 is 1.73 bits per heavy atom. The minimum absolute atomic E-state index is 1.20. The van der Waals surface area contributed by atoms with Gasteiger partial charge in [0.2, 0.25) is 0 Å². The number of aromatic nitrogens is 1. The van der Waals surface area contributed by atoms with Crippen molar-refractivity contribution in [3.05, 3.63) is 58.7 Å². The zero-order chi connectivity index (χ0) is 10.3. The number of hydrogen-bond donors (Lipinski definition) is 1. The average molecular weight is 233 g/mol. The smallest absolute Gasteiger partial charge is 0.0555 e. The van der Waals surface area contributed by atoms with Crippen LogP contribution >= 0.6 is 22.7 Å². The molecule has 0 aliphatic heterocycles. The second-order valence-electron chi connectivity index (χ2n) is 2.85. The van der Waals surface area contributed by atoms with Crippen LogP contribution in [0.25, 0.3) is 10.6 Å². The Bertz CT molecular complexity index is 388. The van der Waals surface area contributed by atoms with Crippen molar-refractivity contribution in [3.8, 4) is 10.6 Å². The summed E-state index contributed by atoms with van der Waals surface area (Å²) < 4.78 is 0. The molecule has 3 aromatic rings. The second kappa shape index (κ2) is 5.53. The molecule has 0 radical (unpaired) electrons. The fraction of sp³-hybridized carbons (Fsp3) is 0. The summed E-state index contributed by atoms with van der Waals surface area (Å²) in [5.41, 5.74) is 1.20. The molecule has 0 atom stereocenters. The zero-order valence-electron chi connectivity index (χ0n) is 8.09. The van der Waals surface area contributed by atoms with Gasteiger partial charge in [0.25, 0.3) is 0 Å². The molecular weight excluding hydrogens is 222 g/mol. The van der Waals surface area contributed by atoms with Gasteiger partial charge in [-0.15, -0.1) is 11.3 Å². The maximum atomic E-state index is 3.15. The summed E-state index contributed by atoms with van der Waals surface area (Å²) in [6.45, 7) is 0. The van der Waals surface area contributed by atoms with Crippen LogP contribution in [0.2, 0.25) is 0 Å². The number of thiophene rings is 2. The molecule has 0 saturated carbocycles. The lowest BCUT2D eigenvalue weighted by atomic mass is 10.3. The molecule has 15 heavy (non-hydrogen) atoms. The second-order valence-corrected chi connectivity index (χ2v) is 4.62. The number of hydrogen-bond acceptors (Lipinski definition) is 2. The van der Waals surface area contributed by atoms with Gasteiger partial charge in [-0.2, -0.15) is 11.3 Å². The first kappa shape index (κ1) is 10.2. The molecule has 0 aliphatic carbocycles. The highest BCUT2D eigenvalue weighted by Crippen LogP contribution is 2.21. The Balaban J connectivity index is 0.000000144. The number of nitrogens with one attached hydrogen (secondary N) is 1. The van der Waals surface area contributed by atoms with Gasteiger partial charge < -0.3 is 4.98 Å². The minimum atomic E-state index is 1.20. The minimum Gasteiger partial charge on any atom is -0.361 e. The van der Waals surface area contributed by atoms with E-state index in [9.17, 15) is 0 Å². The highest BCUT2D eigenvalue weighted by molar-refractivity contribution is 7.13. The highest BCUT2D eigenvalue weighted by atomic mass is 32.1. The zero-order valence-corrected chi connectivity index (χ0v) is 9.72. The molecule has 3 aromatic heterocycles. The van der Waals surface area contributed by atoms with E-state index < -0.39 is 0 Å². The van der Waals surface area contributed by atoms with E-state index in [1.54, 1.807) is 22.7 Å². The first-order valence-electron chi connectivity index (χ1n) is 4.61. The lowest BCUT2D eigenvalue weighted by Crippen LogP contribution is -1.65. The van der Waals surface area contributed by atoms with Gasteiger partial charge >= 0.3 is 0 Å². The van der Waals surface area contributed by atoms with E-state index in [2.05, 4.69) is 28.6 Å². The molecule has 3 rings (SSSR count). The molecule has 0 amide bonds. The van der Waals surface area contributed by atoms with Crippen LogP contribution in [0, 0.1) is 0 Å². The van der Waals surface area contributed by atoms with Crippen LogP contribution in [0.4, 0.5) is 0 Å². The van der Waals surface area contributed by atoms with Gasteiger partial charge in [0.1, 0.15) is 0 Å². The van der Waals surface area contributed by atoms with E-state index in [0.29, 0.717) is 0 Å². The molecular formula is C12H11NS2. The standard InChI is InChI=1S/C8H7NS.C4H4S/c1-3-7(9-5-1)8-4-2-6-10-8;1-2-4-5-3-1/h1-6,9H;1-4H. The van der Waals surface area contributed by atoms with Crippen LogP contribution in [0.5, 0.6) is 0 Å². The van der Waals surface area contributed by atoms with Crippen molar-refractivity contribution in [2.45, 2.75) is 0 Å². The van der Waals surface area contributed by atoms with Gasteiger partial charge in [0.05, 0.1) is 10.6 Å². The predicted octanol–water partition coefficient (Wildman–Crippen LogP) is 4.49. The third kappa shape index (κ3) is 3.08. The fourth-order valence-corrected chi connectivity index (χ4v) is 2.31. The molecule has 3 heteroatoms. The molecule has 1 N–H and O–H groups in total. The van der Waals surface area contributed by atoms with E-state index in [1.807, 2.05) is 35.2 Å². The molecule has 0 saturated heterocycles. The summed E-state index contributed by atoms with van der Waals surface area (Å²) in [4.78, 5) is 4.45. The molecule has 0 aromatic carbocycles. The van der Waals surface area contributed by atoms with Crippen molar-refractivity contribution in [1.29, 1.82) is 0 Å². The van der Waals surface area contributed by atoms with Gasteiger partial charge in [-0.05, 0) is 34.3 Å². The fourth-order valence-electron chi connectivity index (χ4n) is 1.14. The first-order valence-corrected chi connectivity index (χ1v) is 6.43. The highest BCUT2D eigenvalue weighted by Gasteiger charge is 1.95. The van der Waals surface area contributed by atoms with Crippen LogP contribution in [0.15, 0.2) is 58.7 Å². The molecule has 76 valence electrons. The molecule has 0 fully saturated rings. The van der Waals surface area contributed by atoms with E-state index >= 15 is 0 Å². The lowest BCUT2D eigenvalue weighted by Gasteiger charge is -1.86. The largest absolute Gasteiger partial charge is 0.361 e. The summed E-state index contributed by atoms with van der Waals surface area (Å²) >= 11 is 3.46. The normalized spacial score (nSPS) is 9.33. The number of rotatable bonds is 1. The van der Waals surface area contributed by atoms with E-state index in [0.717, 1.165) is 0 Å². The average Bonchev–Trinajstić information content (AvgIpc) is 3.06. The monoisotopic (exact) mass is 233 g/mol. The summed E-state index contributed by atoms with van der Waals surface area (Å²) in [5, 5.41) is 6.16. The van der Waals surface area contributed by atoms with Crippen molar-refractivity contribution in [2.24, 2.45) is 0 Å². The van der Waals surface area contributed by atoms with E-state index in [4.69, 9.17) is 0 Å². The van der Waals surface area contributed by atoms with Crippen LogP contribution < -0.4 is 0 Å². The lowest BCUT2D eigenvalue weighted by molar-refractivity contribution is 1.42. The number of aromatic amines is 1. The Labute approximate surface area is 97.0 Å². The van der Waals surface area contributed by atoms with Crippen LogP contribution in [-0.2, 0) is 0 Å². The Morgan fingerprint density at radius 3 is 2.20 bits per heavy atom. The van der Waals surface area contributed by atoms with Crippen molar-refractivity contribution in [1.82, 2.24) is 4.98 Å². The Hall–Kier alpha value is -1.32. The maximum Gasteiger partial charge on any atom is 0.0555 e. The van der Waals surface area contributed by atoms with Gasteiger partial charge in [0.15, 0.2) is 0 Å². The molecule has 1 nitrogen and oxygen atoms in total. The van der Waals surface area contributed by atoms with Crippen molar-refractivity contribution in [3.63, 3.8) is 0 Å². The molecule has 0 unspecified atom stereocenters. The van der Waals surface area contributed by atoms with Gasteiger partial charge in [0, 0.05) is 6.20 Å². The molecule has 0 spiro atoms. The predicted molar refractivity (Wildman–Crippen MR) is 68.4 cm³/mol. The molecule has 0 bridgehead atoms. The van der Waals surface area contributed by atoms with Crippen LogP contribution in [0.1, 0.15) is 0 Å². The third-order valence-corrected chi connectivity index (χ3v) is 3.34. The van der Waals surface area contributed by atoms with Crippen molar-refractivity contribution in [2.75, 3.05) is 0 Å². The quantitative estimate of drug-likeness (QED) is 0.637. The van der Waals surface area contributed by atoms with Gasteiger partial charge in [-0.1, -0.05) is 18.2 Å². The van der Waals surface area contributed by atoms with Gasteiger partial charge in [-0.3, -0.25) is 0 Å². The van der Waals surface area contributed by atoms with Crippen molar-refractivity contribution < 1.29 is 0 Å². The van der Waals surface area contributed by atoms with Crippen LogP contribution in [-0.4, -0.2) is 4.98 Å². The van der Waals surface area contributed by atoms with Crippen molar-refractivity contribution >= 4 is 22.7 Å². The number of H-pyrrole nitrogens is 1. The topological polar surface area (TPSA) is 15.8 Å². The third-order valence-electron chi connectivity index (χ3n) is 1.81. The summed E-state index contributed by atoms with van der Waals surface area (Å²) in [6.07, 6.45) is 1.94. The first-order chi connectivity index (χ1) is 7.47. The SMILES string of the molecule is c1c[nH]c(-c2cccs2)c1.c1ccsc1. The summed E-state index contributed by atoms with van der Waals surface area (Å²) in [6, 6.07) is 12.3. The van der Waals surface area contributed by atoms with E-state index in [1.165, 1.54) is 10.6 Å². The maximum absolute atomic E-state index is 3.15. The van der Waals surface area contributed by atoms with Crippen LogP contribution in [0.3, 0.4) is 0 Å². The Kier molecular flexibility index (Phi) is 3.77. The van der Waals surface area contributed by atoms with E-state index in [-0.39, 0.29) is 0 Å². The summed E-state index contributed by atoms with van der Waals surface area (Å²) in [5.74, 6) is 0. The molecule has 3 heterocycles. The molecule has 0 aliphatic rings. The summed E-state index contributed by atoms with van der Waals surface area (Å²) in [7, 11) is 0. The Morgan fingerprint density at radius 1 is 0.867 bits per heavy atom. The van der Waals surface area contributed by atoms with Gasteiger partial charge in [-0.25, -0.2) is 0 Å².